The Balaban J connectivity index is 1.30. The van der Waals surface area contributed by atoms with Crippen LogP contribution >= 0.6 is 0 Å². The van der Waals surface area contributed by atoms with Crippen LogP contribution in [0.3, 0.4) is 0 Å². The molecule has 6 aromatic carbocycles. The zero-order valence-corrected chi connectivity index (χ0v) is 25.6. The molecule has 4 nitrogen and oxygen atoms in total. The summed E-state index contributed by atoms with van der Waals surface area (Å²) in [6, 6.07) is 51.2. The van der Waals surface area contributed by atoms with Crippen LogP contribution < -0.4 is 0 Å². The molecule has 0 amide bonds. The number of rotatable bonds is 4. The third-order valence-corrected chi connectivity index (χ3v) is 9.46. The van der Waals surface area contributed by atoms with Crippen molar-refractivity contribution >= 4 is 21.8 Å². The van der Waals surface area contributed by atoms with Crippen LogP contribution in [0.4, 0.5) is 0 Å². The third kappa shape index (κ3) is 3.97. The number of benzene rings is 6. The van der Waals surface area contributed by atoms with Crippen molar-refractivity contribution in [1.29, 1.82) is 0 Å². The van der Waals surface area contributed by atoms with Crippen molar-refractivity contribution in [3.05, 3.63) is 157 Å². The van der Waals surface area contributed by atoms with Gasteiger partial charge in [-0.1, -0.05) is 135 Å². The lowest BCUT2D eigenvalue weighted by atomic mass is 9.82. The molecule has 0 atom stereocenters. The first kappa shape index (κ1) is 26.5. The van der Waals surface area contributed by atoms with E-state index < -0.39 is 0 Å². The summed E-state index contributed by atoms with van der Waals surface area (Å²) in [7, 11) is 0. The fourth-order valence-corrected chi connectivity index (χ4v) is 7.25. The van der Waals surface area contributed by atoms with E-state index in [4.69, 9.17) is 15.0 Å². The molecule has 9 rings (SSSR count). The fourth-order valence-electron chi connectivity index (χ4n) is 7.25. The van der Waals surface area contributed by atoms with Crippen molar-refractivity contribution < 1.29 is 0 Å². The van der Waals surface area contributed by atoms with Crippen molar-refractivity contribution in [2.24, 2.45) is 0 Å². The molecule has 218 valence electrons. The monoisotopic (exact) mass is 590 g/mol. The molecule has 2 heterocycles. The fraction of sp³-hybridized carbons (Fsp3) is 0.0714. The highest BCUT2D eigenvalue weighted by Gasteiger charge is 2.37. The van der Waals surface area contributed by atoms with Gasteiger partial charge in [0.1, 0.15) is 0 Å². The predicted molar refractivity (Wildman–Crippen MR) is 188 cm³/mol. The molecule has 0 saturated carbocycles. The van der Waals surface area contributed by atoms with Crippen LogP contribution in [-0.2, 0) is 5.41 Å². The van der Waals surface area contributed by atoms with Gasteiger partial charge in [-0.05, 0) is 46.5 Å². The molecule has 0 saturated heterocycles. The number of para-hydroxylation sites is 2. The first-order valence-electron chi connectivity index (χ1n) is 15.7. The first-order chi connectivity index (χ1) is 22.6. The minimum atomic E-state index is -0.115. The quantitative estimate of drug-likeness (QED) is 0.205. The Morgan fingerprint density at radius 2 is 1.07 bits per heavy atom. The molecule has 4 heteroatoms. The van der Waals surface area contributed by atoms with Gasteiger partial charge >= 0.3 is 0 Å². The van der Waals surface area contributed by atoms with Gasteiger partial charge in [0.25, 0.3) is 0 Å². The molecule has 1 aliphatic rings. The van der Waals surface area contributed by atoms with Crippen molar-refractivity contribution in [3.63, 3.8) is 0 Å². The number of nitrogens with zero attached hydrogens (tertiary/aromatic N) is 4. The van der Waals surface area contributed by atoms with E-state index in [1.54, 1.807) is 0 Å². The van der Waals surface area contributed by atoms with Crippen molar-refractivity contribution in [3.8, 4) is 51.0 Å². The lowest BCUT2D eigenvalue weighted by Gasteiger charge is -2.21. The summed E-state index contributed by atoms with van der Waals surface area (Å²) in [4.78, 5) is 15.5. The van der Waals surface area contributed by atoms with Gasteiger partial charge in [-0.3, -0.25) is 0 Å². The Kier molecular flexibility index (Phi) is 5.81. The highest BCUT2D eigenvalue weighted by atomic mass is 15.0. The number of aromatic nitrogens is 4. The van der Waals surface area contributed by atoms with Crippen LogP contribution in [0.1, 0.15) is 25.0 Å². The van der Waals surface area contributed by atoms with Gasteiger partial charge < -0.3 is 4.57 Å². The van der Waals surface area contributed by atoms with E-state index in [9.17, 15) is 0 Å². The van der Waals surface area contributed by atoms with E-state index in [1.807, 2.05) is 18.2 Å². The summed E-state index contributed by atoms with van der Waals surface area (Å²) < 4.78 is 2.33. The standard InChI is InChI=1S/C42H30N4/c1-42(2)34-21-11-9-19-32(34)38-33(20-13-22-35(38)42)41-44-39(27-14-5-3-6-15-27)43-40(45-41)28-24-25-31-30-18-10-12-23-36(30)46(37(31)26-28)29-16-7-4-8-17-29/h3-26H,1-2H3. The molecule has 0 N–H and O–H groups in total. The molecule has 1 aliphatic carbocycles. The normalized spacial score (nSPS) is 13.2. The second-order valence-corrected chi connectivity index (χ2v) is 12.5. The molecule has 0 bridgehead atoms. The van der Waals surface area contributed by atoms with Crippen molar-refractivity contribution in [1.82, 2.24) is 19.5 Å². The molecule has 0 fully saturated rings. The Morgan fingerprint density at radius 3 is 1.89 bits per heavy atom. The smallest absolute Gasteiger partial charge is 0.164 e. The zero-order valence-electron chi connectivity index (χ0n) is 25.6. The molecular weight excluding hydrogens is 560 g/mol. The van der Waals surface area contributed by atoms with E-state index in [0.717, 1.165) is 27.9 Å². The largest absolute Gasteiger partial charge is 0.309 e. The number of hydrogen-bond donors (Lipinski definition) is 0. The van der Waals surface area contributed by atoms with E-state index in [-0.39, 0.29) is 5.41 Å². The molecule has 8 aromatic rings. The van der Waals surface area contributed by atoms with Gasteiger partial charge in [-0.15, -0.1) is 0 Å². The van der Waals surface area contributed by atoms with Crippen LogP contribution in [0.15, 0.2) is 146 Å². The Labute approximate surface area is 267 Å². The molecule has 2 aromatic heterocycles. The number of hydrogen-bond acceptors (Lipinski definition) is 3. The molecule has 0 spiro atoms. The van der Waals surface area contributed by atoms with Gasteiger partial charge in [-0.2, -0.15) is 0 Å². The summed E-state index contributed by atoms with van der Waals surface area (Å²) in [5.74, 6) is 1.99. The summed E-state index contributed by atoms with van der Waals surface area (Å²) in [6.45, 7) is 4.60. The minimum absolute atomic E-state index is 0.115. The Bertz CT molecular complexity index is 2440. The maximum absolute atomic E-state index is 5.23. The molecule has 46 heavy (non-hydrogen) atoms. The number of fused-ring (bicyclic) bond motifs is 6. The second-order valence-electron chi connectivity index (χ2n) is 12.5. The van der Waals surface area contributed by atoms with Gasteiger partial charge in [-0.25, -0.2) is 15.0 Å². The average molecular weight is 591 g/mol. The molecular formula is C42H30N4. The van der Waals surface area contributed by atoms with Crippen LogP contribution in [-0.4, -0.2) is 19.5 Å². The topological polar surface area (TPSA) is 43.6 Å². The van der Waals surface area contributed by atoms with Crippen molar-refractivity contribution in [2.75, 3.05) is 0 Å². The highest BCUT2D eigenvalue weighted by Crippen LogP contribution is 2.51. The van der Waals surface area contributed by atoms with Crippen molar-refractivity contribution in [2.45, 2.75) is 19.3 Å². The second kappa shape index (κ2) is 10.1. The molecule has 0 unspecified atom stereocenters. The first-order valence-corrected chi connectivity index (χ1v) is 15.7. The third-order valence-electron chi connectivity index (χ3n) is 9.46. The molecule has 0 aliphatic heterocycles. The predicted octanol–water partition coefficient (Wildman–Crippen LogP) is 10.3. The highest BCUT2D eigenvalue weighted by molar-refractivity contribution is 6.10. The van der Waals surface area contributed by atoms with Gasteiger partial charge in [0, 0.05) is 38.6 Å². The van der Waals surface area contributed by atoms with E-state index in [1.165, 1.54) is 38.5 Å². The van der Waals surface area contributed by atoms with Crippen LogP contribution in [0.2, 0.25) is 0 Å². The van der Waals surface area contributed by atoms with E-state index >= 15 is 0 Å². The average Bonchev–Trinajstić information content (AvgIpc) is 3.57. The summed E-state index contributed by atoms with van der Waals surface area (Å²) in [6.07, 6.45) is 0. The minimum Gasteiger partial charge on any atom is -0.309 e. The molecule has 0 radical (unpaired) electrons. The SMILES string of the molecule is CC1(C)c2ccccc2-c2c(-c3nc(-c4ccccc4)nc(-c4ccc5c6ccccc6n(-c6ccccc6)c5c4)n3)cccc21. The zero-order chi connectivity index (χ0) is 30.8. The van der Waals surface area contributed by atoms with E-state index in [0.29, 0.717) is 17.5 Å². The maximum atomic E-state index is 5.23. The maximum Gasteiger partial charge on any atom is 0.164 e. The van der Waals surface area contributed by atoms with Crippen LogP contribution in [0.5, 0.6) is 0 Å². The van der Waals surface area contributed by atoms with Crippen LogP contribution in [0.25, 0.3) is 72.8 Å². The Hall–Kier alpha value is -5.87. The van der Waals surface area contributed by atoms with Gasteiger partial charge in [0.05, 0.1) is 11.0 Å². The lowest BCUT2D eigenvalue weighted by Crippen LogP contribution is -2.14. The van der Waals surface area contributed by atoms with Crippen LogP contribution in [0, 0.1) is 0 Å². The summed E-state index contributed by atoms with van der Waals surface area (Å²) >= 11 is 0. The van der Waals surface area contributed by atoms with E-state index in [2.05, 4.69) is 146 Å². The summed E-state index contributed by atoms with van der Waals surface area (Å²) in [5, 5.41) is 2.41. The van der Waals surface area contributed by atoms with Gasteiger partial charge in [0.2, 0.25) is 0 Å². The van der Waals surface area contributed by atoms with Gasteiger partial charge in [0.15, 0.2) is 17.5 Å². The summed E-state index contributed by atoms with van der Waals surface area (Å²) in [5.41, 5.74) is 11.3. The lowest BCUT2D eigenvalue weighted by molar-refractivity contribution is 0.660. The Morgan fingerprint density at radius 1 is 0.457 bits per heavy atom.